The van der Waals surface area contributed by atoms with Crippen molar-refractivity contribution in [2.75, 3.05) is 40.0 Å². The average Bonchev–Trinajstić information content (AvgIpc) is 3.04. The highest BCUT2D eigenvalue weighted by molar-refractivity contribution is 7.89. The molecule has 0 aliphatic carbocycles. The van der Waals surface area contributed by atoms with Gasteiger partial charge in [-0.15, -0.1) is 0 Å². The number of nitrogens with zero attached hydrogens (tertiary/aromatic N) is 1. The second-order valence-electron chi connectivity index (χ2n) is 7.44. The first-order valence-electron chi connectivity index (χ1n) is 9.79. The van der Waals surface area contributed by atoms with Gasteiger partial charge in [-0.1, -0.05) is 6.07 Å². The van der Waals surface area contributed by atoms with Crippen molar-refractivity contribution in [3.05, 3.63) is 23.8 Å². The van der Waals surface area contributed by atoms with Crippen molar-refractivity contribution >= 4 is 10.0 Å². The Morgan fingerprint density at radius 2 is 2.04 bits per heavy atom. The molecule has 2 heterocycles. The summed E-state index contributed by atoms with van der Waals surface area (Å²) in [5.41, 5.74) is 0.778. The van der Waals surface area contributed by atoms with Crippen molar-refractivity contribution in [1.82, 2.24) is 4.31 Å². The number of piperidine rings is 1. The van der Waals surface area contributed by atoms with Gasteiger partial charge in [0.25, 0.3) is 0 Å². The average molecular weight is 398 g/mol. The molecule has 0 saturated carbocycles. The number of hydrogen-bond acceptors (Lipinski definition) is 5. The molecule has 2 saturated heterocycles. The van der Waals surface area contributed by atoms with E-state index in [1.165, 1.54) is 7.11 Å². The molecule has 2 aliphatic heterocycles. The zero-order valence-corrected chi connectivity index (χ0v) is 17.4. The standard InChI is InChI=1S/C20H31NO5S/c1-4-25-13-7-17-8-14-26-20(17)9-11-21(12-10-20)27(22,23)19-6-5-16(2)15-18(19)24-3/h5-6,15,17H,4,7-14H2,1-3H3. The topological polar surface area (TPSA) is 65.1 Å². The van der Waals surface area contributed by atoms with E-state index in [0.717, 1.165) is 51.1 Å². The van der Waals surface area contributed by atoms with Crippen LogP contribution >= 0.6 is 0 Å². The largest absolute Gasteiger partial charge is 0.495 e. The molecule has 2 aliphatic rings. The van der Waals surface area contributed by atoms with E-state index in [0.29, 0.717) is 24.8 Å². The Morgan fingerprint density at radius 3 is 2.70 bits per heavy atom. The Labute approximate surface area is 162 Å². The maximum Gasteiger partial charge on any atom is 0.246 e. The zero-order chi connectivity index (χ0) is 19.5. The van der Waals surface area contributed by atoms with Gasteiger partial charge in [0.2, 0.25) is 10.0 Å². The van der Waals surface area contributed by atoms with Crippen LogP contribution in [0.15, 0.2) is 23.1 Å². The van der Waals surface area contributed by atoms with E-state index in [2.05, 4.69) is 0 Å². The lowest BCUT2D eigenvalue weighted by molar-refractivity contribution is -0.0611. The number of hydrogen-bond donors (Lipinski definition) is 0. The van der Waals surface area contributed by atoms with Crippen LogP contribution in [0.25, 0.3) is 0 Å². The van der Waals surface area contributed by atoms with Crippen molar-refractivity contribution in [3.8, 4) is 5.75 Å². The first-order chi connectivity index (χ1) is 12.9. The number of sulfonamides is 1. The van der Waals surface area contributed by atoms with E-state index >= 15 is 0 Å². The number of ether oxygens (including phenoxy) is 3. The Kier molecular flexibility index (Phi) is 6.46. The van der Waals surface area contributed by atoms with E-state index in [1.54, 1.807) is 16.4 Å². The van der Waals surface area contributed by atoms with Gasteiger partial charge < -0.3 is 14.2 Å². The molecule has 6 nitrogen and oxygen atoms in total. The molecule has 0 amide bonds. The van der Waals surface area contributed by atoms with Gasteiger partial charge in [0, 0.05) is 32.9 Å². The summed E-state index contributed by atoms with van der Waals surface area (Å²) >= 11 is 0. The summed E-state index contributed by atoms with van der Waals surface area (Å²) in [4.78, 5) is 0.242. The fourth-order valence-corrected chi connectivity index (χ4v) is 5.93. The van der Waals surface area contributed by atoms with Crippen molar-refractivity contribution in [1.29, 1.82) is 0 Å². The molecule has 0 aromatic heterocycles. The second-order valence-corrected chi connectivity index (χ2v) is 9.35. The summed E-state index contributed by atoms with van der Waals surface area (Å²) in [7, 11) is -2.07. The Morgan fingerprint density at radius 1 is 1.30 bits per heavy atom. The lowest BCUT2D eigenvalue weighted by Gasteiger charge is -2.41. The van der Waals surface area contributed by atoms with Crippen LogP contribution in [0.1, 0.15) is 38.2 Å². The van der Waals surface area contributed by atoms with Crippen LogP contribution in [0.2, 0.25) is 0 Å². The molecular weight excluding hydrogens is 366 g/mol. The minimum absolute atomic E-state index is 0.194. The van der Waals surface area contributed by atoms with Crippen LogP contribution in [0, 0.1) is 12.8 Å². The lowest BCUT2D eigenvalue weighted by Crippen LogP contribution is -2.49. The van der Waals surface area contributed by atoms with Crippen molar-refractivity contribution in [2.24, 2.45) is 5.92 Å². The van der Waals surface area contributed by atoms with Gasteiger partial charge in [-0.05, 0) is 63.1 Å². The first kappa shape index (κ1) is 20.6. The molecule has 1 aromatic rings. The molecule has 1 unspecified atom stereocenters. The maximum atomic E-state index is 13.2. The van der Waals surface area contributed by atoms with Crippen molar-refractivity contribution < 1.29 is 22.6 Å². The molecule has 1 atom stereocenters. The number of methoxy groups -OCH3 is 1. The number of rotatable bonds is 7. The highest BCUT2D eigenvalue weighted by Crippen LogP contribution is 2.43. The van der Waals surface area contributed by atoms with Crippen LogP contribution in [0.5, 0.6) is 5.75 Å². The monoisotopic (exact) mass is 397 g/mol. The summed E-state index contributed by atoms with van der Waals surface area (Å²) < 4.78 is 44.9. The van der Waals surface area contributed by atoms with Gasteiger partial charge in [-0.25, -0.2) is 8.42 Å². The van der Waals surface area contributed by atoms with E-state index in [-0.39, 0.29) is 10.5 Å². The highest BCUT2D eigenvalue weighted by Gasteiger charge is 2.47. The molecule has 2 fully saturated rings. The van der Waals surface area contributed by atoms with E-state index in [4.69, 9.17) is 14.2 Å². The summed E-state index contributed by atoms with van der Waals surface area (Å²) in [5, 5.41) is 0. The summed E-state index contributed by atoms with van der Waals surface area (Å²) in [6.45, 7) is 7.11. The molecule has 0 radical (unpaired) electrons. The molecule has 1 aromatic carbocycles. The lowest BCUT2D eigenvalue weighted by atomic mass is 9.78. The van der Waals surface area contributed by atoms with E-state index in [9.17, 15) is 8.42 Å². The minimum Gasteiger partial charge on any atom is -0.495 e. The van der Waals surface area contributed by atoms with Crippen molar-refractivity contribution in [3.63, 3.8) is 0 Å². The van der Waals surface area contributed by atoms with Crippen LogP contribution < -0.4 is 4.74 Å². The SMILES string of the molecule is CCOCCC1CCOC12CCN(S(=O)(=O)c1ccc(C)cc1OC)CC2. The zero-order valence-electron chi connectivity index (χ0n) is 16.6. The third-order valence-electron chi connectivity index (χ3n) is 5.92. The van der Waals surface area contributed by atoms with Gasteiger partial charge in [0.05, 0.1) is 12.7 Å². The third-order valence-corrected chi connectivity index (χ3v) is 7.86. The molecule has 152 valence electrons. The molecule has 1 spiro atoms. The van der Waals surface area contributed by atoms with Gasteiger partial charge in [-0.2, -0.15) is 4.31 Å². The predicted octanol–water partition coefficient (Wildman–Crippen LogP) is 2.99. The molecular formula is C20H31NO5S. The highest BCUT2D eigenvalue weighted by atomic mass is 32.2. The molecule has 3 rings (SSSR count). The quantitative estimate of drug-likeness (QED) is 0.662. The smallest absolute Gasteiger partial charge is 0.246 e. The van der Waals surface area contributed by atoms with Gasteiger partial charge in [-0.3, -0.25) is 0 Å². The number of benzene rings is 1. The first-order valence-corrected chi connectivity index (χ1v) is 11.2. The van der Waals surface area contributed by atoms with Crippen LogP contribution in [0.3, 0.4) is 0 Å². The Balaban J connectivity index is 1.71. The number of aryl methyl sites for hydroxylation is 1. The second kappa shape index (κ2) is 8.47. The fraction of sp³-hybridized carbons (Fsp3) is 0.700. The van der Waals surface area contributed by atoms with Gasteiger partial charge >= 0.3 is 0 Å². The van der Waals surface area contributed by atoms with Crippen LogP contribution in [-0.2, 0) is 19.5 Å². The van der Waals surface area contributed by atoms with Gasteiger partial charge in [0.1, 0.15) is 10.6 Å². The third kappa shape index (κ3) is 4.16. The Bertz CT molecular complexity index is 741. The molecule has 0 N–H and O–H groups in total. The maximum absolute atomic E-state index is 13.2. The predicted molar refractivity (Wildman–Crippen MR) is 104 cm³/mol. The minimum atomic E-state index is -3.58. The summed E-state index contributed by atoms with van der Waals surface area (Å²) in [6, 6.07) is 5.22. The normalized spacial score (nSPS) is 23.0. The Hall–Kier alpha value is -1.15. The van der Waals surface area contributed by atoms with Gasteiger partial charge in [0.15, 0.2) is 0 Å². The molecule has 27 heavy (non-hydrogen) atoms. The fourth-order valence-electron chi connectivity index (χ4n) is 4.35. The molecule has 0 bridgehead atoms. The van der Waals surface area contributed by atoms with E-state index in [1.807, 2.05) is 19.9 Å². The summed E-state index contributed by atoms with van der Waals surface area (Å²) in [6.07, 6.45) is 3.48. The molecule has 7 heteroatoms. The summed E-state index contributed by atoms with van der Waals surface area (Å²) in [5.74, 6) is 0.852. The van der Waals surface area contributed by atoms with Crippen LogP contribution in [0.4, 0.5) is 0 Å². The van der Waals surface area contributed by atoms with Crippen LogP contribution in [-0.4, -0.2) is 58.3 Å². The van der Waals surface area contributed by atoms with Crippen molar-refractivity contribution in [2.45, 2.75) is 50.0 Å². The van der Waals surface area contributed by atoms with E-state index < -0.39 is 10.0 Å².